The molecule has 0 amide bonds. The Morgan fingerprint density at radius 1 is 1.27 bits per heavy atom. The number of hydrogen-bond acceptors (Lipinski definition) is 2. The predicted molar refractivity (Wildman–Crippen MR) is 69.3 cm³/mol. The van der Waals surface area contributed by atoms with Crippen molar-refractivity contribution in [2.45, 2.75) is 51.8 Å². The van der Waals surface area contributed by atoms with Crippen molar-refractivity contribution >= 4 is 12.6 Å². The number of rotatable bonds is 2. The number of hydrogen-bond donors (Lipinski definition) is 1. The minimum Gasteiger partial charge on any atom is -0.291 e. The lowest BCUT2D eigenvalue weighted by atomic mass is 9.83. The van der Waals surface area contributed by atoms with Gasteiger partial charge in [-0.25, -0.2) is 0 Å². The van der Waals surface area contributed by atoms with Gasteiger partial charge in [0.05, 0.1) is 0 Å². The van der Waals surface area contributed by atoms with Gasteiger partial charge < -0.3 is 0 Å². The van der Waals surface area contributed by atoms with Gasteiger partial charge in [0.15, 0.2) is 0 Å². The largest absolute Gasteiger partial charge is 0.291 e. The molecule has 15 heavy (non-hydrogen) atoms. The summed E-state index contributed by atoms with van der Waals surface area (Å²) in [5, 5.41) is 0.447. The van der Waals surface area contributed by atoms with E-state index in [9.17, 15) is 0 Å². The van der Waals surface area contributed by atoms with Crippen LogP contribution in [0.4, 0.5) is 0 Å². The summed E-state index contributed by atoms with van der Waals surface area (Å²) in [7, 11) is 0. The highest BCUT2D eigenvalue weighted by Crippen LogP contribution is 2.50. The topological polar surface area (TPSA) is 3.24 Å². The van der Waals surface area contributed by atoms with E-state index in [-0.39, 0.29) is 0 Å². The third-order valence-electron chi connectivity index (χ3n) is 4.68. The van der Waals surface area contributed by atoms with E-state index >= 15 is 0 Å². The molecule has 0 aromatic carbocycles. The van der Waals surface area contributed by atoms with Crippen LogP contribution in [0.5, 0.6) is 0 Å². The molecule has 0 aromatic heterocycles. The summed E-state index contributed by atoms with van der Waals surface area (Å²) in [6.45, 7) is 9.56. The quantitative estimate of drug-likeness (QED) is 0.708. The first-order chi connectivity index (χ1) is 7.02. The molecule has 0 radical (unpaired) electrons. The zero-order valence-corrected chi connectivity index (χ0v) is 11.3. The van der Waals surface area contributed by atoms with Crippen molar-refractivity contribution in [3.8, 4) is 0 Å². The molecule has 1 saturated heterocycles. The molecule has 1 aliphatic carbocycles. The molecule has 2 fully saturated rings. The fourth-order valence-electron chi connectivity index (χ4n) is 3.48. The van der Waals surface area contributed by atoms with Crippen LogP contribution in [0, 0.1) is 17.3 Å². The van der Waals surface area contributed by atoms with Crippen LogP contribution in [0.3, 0.4) is 0 Å². The van der Waals surface area contributed by atoms with Crippen LogP contribution in [0.1, 0.15) is 46.5 Å². The molecule has 1 heterocycles. The second-order valence-corrected chi connectivity index (χ2v) is 6.85. The normalized spacial score (nSPS) is 39.4. The summed E-state index contributed by atoms with van der Waals surface area (Å²) in [6.07, 6.45) is 5.82. The van der Waals surface area contributed by atoms with Crippen molar-refractivity contribution in [3.05, 3.63) is 0 Å². The van der Waals surface area contributed by atoms with E-state index in [0.29, 0.717) is 10.8 Å². The summed E-state index contributed by atoms with van der Waals surface area (Å²) in [4.78, 5) is 2.55. The van der Waals surface area contributed by atoms with E-state index in [1.165, 1.54) is 38.8 Å². The molecule has 3 atom stereocenters. The van der Waals surface area contributed by atoms with Crippen molar-refractivity contribution < 1.29 is 0 Å². The first-order valence-corrected chi connectivity index (χ1v) is 6.96. The molecular formula is C13H25NS. The number of likely N-dealkylation sites (tertiary alicyclic amines) is 1. The van der Waals surface area contributed by atoms with E-state index in [1.807, 2.05) is 0 Å². The van der Waals surface area contributed by atoms with Gasteiger partial charge in [-0.05, 0) is 56.4 Å². The van der Waals surface area contributed by atoms with Crippen molar-refractivity contribution in [2.75, 3.05) is 13.1 Å². The fourth-order valence-corrected chi connectivity index (χ4v) is 3.68. The average molecular weight is 227 g/mol. The van der Waals surface area contributed by atoms with Gasteiger partial charge >= 0.3 is 0 Å². The maximum Gasteiger partial charge on any atom is 0.0499 e. The second kappa shape index (κ2) is 4.29. The predicted octanol–water partition coefficient (Wildman–Crippen LogP) is 3.41. The highest BCUT2D eigenvalue weighted by molar-refractivity contribution is 7.80. The lowest BCUT2D eigenvalue weighted by molar-refractivity contribution is 0.242. The highest BCUT2D eigenvalue weighted by atomic mass is 32.1. The summed E-state index contributed by atoms with van der Waals surface area (Å²) in [5.74, 6) is 1.87. The third kappa shape index (κ3) is 2.36. The highest BCUT2D eigenvalue weighted by Gasteiger charge is 2.44. The van der Waals surface area contributed by atoms with Crippen LogP contribution in [-0.2, 0) is 0 Å². The lowest BCUT2D eigenvalue weighted by Crippen LogP contribution is -2.29. The molecule has 3 unspecified atom stereocenters. The first-order valence-electron chi connectivity index (χ1n) is 6.44. The third-order valence-corrected chi connectivity index (χ3v) is 5.01. The Kier molecular flexibility index (Phi) is 3.37. The number of thiol groups is 1. The molecule has 2 aliphatic rings. The van der Waals surface area contributed by atoms with E-state index < -0.39 is 0 Å². The van der Waals surface area contributed by atoms with E-state index in [1.54, 1.807) is 0 Å². The maximum atomic E-state index is 4.56. The fraction of sp³-hybridized carbons (Fsp3) is 1.00. The van der Waals surface area contributed by atoms with E-state index in [4.69, 9.17) is 0 Å². The molecule has 88 valence electrons. The summed E-state index contributed by atoms with van der Waals surface area (Å²) in [5.41, 5.74) is 0.673. The Balaban J connectivity index is 1.95. The summed E-state index contributed by atoms with van der Waals surface area (Å²) in [6, 6.07) is 0. The van der Waals surface area contributed by atoms with Crippen LogP contribution >= 0.6 is 12.6 Å². The Labute approximate surface area is 100 Å². The molecule has 1 nitrogen and oxygen atoms in total. The minimum atomic E-state index is 0.447. The van der Waals surface area contributed by atoms with Gasteiger partial charge in [-0.2, -0.15) is 12.6 Å². The molecule has 1 saturated carbocycles. The lowest BCUT2D eigenvalue weighted by Gasteiger charge is -2.26. The SMILES string of the molecule is CC(C)C1CCC2(CCN(C(C)S)C2)C1. The number of nitrogens with zero attached hydrogens (tertiary/aromatic N) is 1. The molecule has 2 heteroatoms. The molecule has 1 spiro atoms. The van der Waals surface area contributed by atoms with Crippen LogP contribution in [-0.4, -0.2) is 23.4 Å². The smallest absolute Gasteiger partial charge is 0.0499 e. The van der Waals surface area contributed by atoms with Crippen molar-refractivity contribution in [1.29, 1.82) is 0 Å². The Morgan fingerprint density at radius 3 is 2.47 bits per heavy atom. The zero-order chi connectivity index (χ0) is 11.1. The molecule has 0 bridgehead atoms. The van der Waals surface area contributed by atoms with Gasteiger partial charge in [-0.3, -0.25) is 4.90 Å². The molecule has 0 aromatic rings. The van der Waals surface area contributed by atoms with Gasteiger partial charge in [-0.1, -0.05) is 13.8 Å². The van der Waals surface area contributed by atoms with Gasteiger partial charge in [0, 0.05) is 11.9 Å². The molecule has 1 aliphatic heterocycles. The zero-order valence-electron chi connectivity index (χ0n) is 10.4. The van der Waals surface area contributed by atoms with Gasteiger partial charge in [0.25, 0.3) is 0 Å². The van der Waals surface area contributed by atoms with E-state index in [0.717, 1.165) is 11.8 Å². The molecular weight excluding hydrogens is 202 g/mol. The van der Waals surface area contributed by atoms with Crippen LogP contribution < -0.4 is 0 Å². The van der Waals surface area contributed by atoms with Gasteiger partial charge in [0.1, 0.15) is 0 Å². The average Bonchev–Trinajstić information content (AvgIpc) is 2.74. The first kappa shape index (κ1) is 11.8. The summed E-state index contributed by atoms with van der Waals surface area (Å²) < 4.78 is 0. The molecule has 2 rings (SSSR count). The Bertz CT molecular complexity index is 201. The Morgan fingerprint density at radius 2 is 2.00 bits per heavy atom. The van der Waals surface area contributed by atoms with Gasteiger partial charge in [0.2, 0.25) is 0 Å². The summed E-state index contributed by atoms with van der Waals surface area (Å²) >= 11 is 4.56. The minimum absolute atomic E-state index is 0.447. The van der Waals surface area contributed by atoms with Gasteiger partial charge in [-0.15, -0.1) is 0 Å². The monoisotopic (exact) mass is 227 g/mol. The van der Waals surface area contributed by atoms with Crippen molar-refractivity contribution in [1.82, 2.24) is 4.90 Å². The van der Waals surface area contributed by atoms with Crippen molar-refractivity contribution in [2.24, 2.45) is 17.3 Å². The Hall–Kier alpha value is 0.310. The molecule has 0 N–H and O–H groups in total. The van der Waals surface area contributed by atoms with Crippen LogP contribution in [0.25, 0.3) is 0 Å². The van der Waals surface area contributed by atoms with E-state index in [2.05, 4.69) is 38.3 Å². The standard InChI is InChI=1S/C13H25NS/c1-10(2)12-4-5-13(8-12)6-7-14(9-13)11(3)15/h10-12,15H,4-9H2,1-3H3. The van der Waals surface area contributed by atoms with Crippen LogP contribution in [0.2, 0.25) is 0 Å². The van der Waals surface area contributed by atoms with Crippen LogP contribution in [0.15, 0.2) is 0 Å². The second-order valence-electron chi connectivity index (χ2n) is 6.10. The van der Waals surface area contributed by atoms with Crippen molar-refractivity contribution in [3.63, 3.8) is 0 Å². The maximum absolute atomic E-state index is 4.56.